The van der Waals surface area contributed by atoms with Gasteiger partial charge in [0.25, 0.3) is 5.91 Å². The molecule has 2 rings (SSSR count). The lowest BCUT2D eigenvalue weighted by Gasteiger charge is -2.16. The number of aryl methyl sites for hydroxylation is 2. The first-order valence-corrected chi connectivity index (χ1v) is 5.90. The van der Waals surface area contributed by atoms with E-state index in [4.69, 9.17) is 11.6 Å². The van der Waals surface area contributed by atoms with Crippen molar-refractivity contribution in [2.45, 2.75) is 6.92 Å². The number of aromatic nitrogens is 2. The van der Waals surface area contributed by atoms with Gasteiger partial charge in [-0.15, -0.1) is 0 Å². The van der Waals surface area contributed by atoms with Gasteiger partial charge in [0.2, 0.25) is 0 Å². The van der Waals surface area contributed by atoms with Crippen molar-refractivity contribution in [3.63, 3.8) is 0 Å². The summed E-state index contributed by atoms with van der Waals surface area (Å²) in [4.78, 5) is 13.9. The van der Waals surface area contributed by atoms with E-state index in [9.17, 15) is 4.79 Å². The zero-order valence-corrected chi connectivity index (χ0v) is 11.3. The molecular formula is C13H14ClN3O. The quantitative estimate of drug-likeness (QED) is 0.835. The second-order valence-corrected chi connectivity index (χ2v) is 4.58. The van der Waals surface area contributed by atoms with Gasteiger partial charge in [-0.1, -0.05) is 11.6 Å². The molecule has 18 heavy (non-hydrogen) atoms. The Morgan fingerprint density at radius 2 is 1.94 bits per heavy atom. The number of carbonyl (C=O) groups excluding carboxylic acids is 1. The topological polar surface area (TPSA) is 38.1 Å². The summed E-state index contributed by atoms with van der Waals surface area (Å²) in [7, 11) is 3.53. The summed E-state index contributed by atoms with van der Waals surface area (Å²) in [6.45, 7) is 1.82. The van der Waals surface area contributed by atoms with Crippen molar-refractivity contribution >= 4 is 23.2 Å². The standard InChI is InChI=1S/C13H14ClN3O/c1-9-12(8-16(2)15-9)13(18)17(3)11-6-4-10(14)5-7-11/h4-8H,1-3H3. The van der Waals surface area contributed by atoms with Crippen molar-refractivity contribution < 1.29 is 4.79 Å². The molecule has 1 heterocycles. The van der Waals surface area contributed by atoms with Gasteiger partial charge in [0.1, 0.15) is 0 Å². The molecule has 0 unspecified atom stereocenters. The van der Waals surface area contributed by atoms with E-state index >= 15 is 0 Å². The zero-order chi connectivity index (χ0) is 13.3. The minimum absolute atomic E-state index is 0.0806. The average Bonchev–Trinajstić information content (AvgIpc) is 2.67. The van der Waals surface area contributed by atoms with Crippen molar-refractivity contribution in [3.8, 4) is 0 Å². The van der Waals surface area contributed by atoms with Gasteiger partial charge in [-0.3, -0.25) is 9.48 Å². The molecule has 0 atom stereocenters. The maximum Gasteiger partial charge on any atom is 0.261 e. The van der Waals surface area contributed by atoms with E-state index in [-0.39, 0.29) is 5.91 Å². The fourth-order valence-corrected chi connectivity index (χ4v) is 1.90. The molecule has 0 N–H and O–H groups in total. The average molecular weight is 264 g/mol. The van der Waals surface area contributed by atoms with Crippen LogP contribution in [0.3, 0.4) is 0 Å². The number of halogens is 1. The Labute approximate surface area is 111 Å². The van der Waals surface area contributed by atoms with E-state index in [0.717, 1.165) is 11.4 Å². The molecule has 0 saturated heterocycles. The van der Waals surface area contributed by atoms with Crippen LogP contribution in [-0.2, 0) is 7.05 Å². The maximum absolute atomic E-state index is 12.3. The van der Waals surface area contributed by atoms with Gasteiger partial charge in [0.05, 0.1) is 11.3 Å². The number of amides is 1. The lowest BCUT2D eigenvalue weighted by molar-refractivity contribution is 0.0992. The van der Waals surface area contributed by atoms with Crippen LogP contribution in [-0.4, -0.2) is 22.7 Å². The third-order valence-electron chi connectivity index (χ3n) is 2.76. The molecule has 0 aliphatic rings. The number of carbonyl (C=O) groups is 1. The zero-order valence-electron chi connectivity index (χ0n) is 10.5. The third kappa shape index (κ3) is 2.38. The first-order chi connectivity index (χ1) is 8.49. The Morgan fingerprint density at radius 1 is 1.33 bits per heavy atom. The van der Waals surface area contributed by atoms with Crippen LogP contribution < -0.4 is 4.90 Å². The minimum Gasteiger partial charge on any atom is -0.311 e. The van der Waals surface area contributed by atoms with Gasteiger partial charge >= 0.3 is 0 Å². The van der Waals surface area contributed by atoms with E-state index < -0.39 is 0 Å². The van der Waals surface area contributed by atoms with Gasteiger partial charge in [0, 0.05) is 31.0 Å². The largest absolute Gasteiger partial charge is 0.311 e. The number of benzene rings is 1. The molecule has 5 heteroatoms. The van der Waals surface area contributed by atoms with Crippen molar-refractivity contribution in [2.75, 3.05) is 11.9 Å². The van der Waals surface area contributed by atoms with Gasteiger partial charge < -0.3 is 4.90 Å². The molecule has 0 radical (unpaired) electrons. The summed E-state index contributed by atoms with van der Waals surface area (Å²) in [5.41, 5.74) is 2.13. The lowest BCUT2D eigenvalue weighted by Crippen LogP contribution is -2.26. The molecule has 0 aliphatic heterocycles. The molecule has 4 nitrogen and oxygen atoms in total. The molecule has 0 bridgehead atoms. The first kappa shape index (κ1) is 12.6. The van der Waals surface area contributed by atoms with Crippen LogP contribution in [0.5, 0.6) is 0 Å². The van der Waals surface area contributed by atoms with Crippen LogP contribution in [0.1, 0.15) is 16.1 Å². The molecule has 1 aromatic heterocycles. The SMILES string of the molecule is Cc1nn(C)cc1C(=O)N(C)c1ccc(Cl)cc1. The summed E-state index contributed by atoms with van der Waals surface area (Å²) in [6.07, 6.45) is 1.73. The number of nitrogens with zero attached hydrogens (tertiary/aromatic N) is 3. The Morgan fingerprint density at radius 3 is 2.44 bits per heavy atom. The molecular weight excluding hydrogens is 250 g/mol. The molecule has 94 valence electrons. The highest BCUT2D eigenvalue weighted by molar-refractivity contribution is 6.30. The maximum atomic E-state index is 12.3. The summed E-state index contributed by atoms with van der Waals surface area (Å²) >= 11 is 5.82. The number of hydrogen-bond acceptors (Lipinski definition) is 2. The van der Waals surface area contributed by atoms with Crippen LogP contribution in [0.2, 0.25) is 5.02 Å². The van der Waals surface area contributed by atoms with Crippen LogP contribution >= 0.6 is 11.6 Å². The highest BCUT2D eigenvalue weighted by atomic mass is 35.5. The van der Waals surface area contributed by atoms with Crippen molar-refractivity contribution in [2.24, 2.45) is 7.05 Å². The molecule has 1 amide bonds. The van der Waals surface area contributed by atoms with Crippen LogP contribution in [0.25, 0.3) is 0 Å². The van der Waals surface area contributed by atoms with Crippen molar-refractivity contribution in [3.05, 3.63) is 46.7 Å². The van der Waals surface area contributed by atoms with Gasteiger partial charge in [0.15, 0.2) is 0 Å². The predicted octanol–water partition coefficient (Wildman–Crippen LogP) is 2.66. The highest BCUT2D eigenvalue weighted by Crippen LogP contribution is 2.19. The summed E-state index contributed by atoms with van der Waals surface area (Å²) in [5, 5.41) is 4.82. The molecule has 0 aliphatic carbocycles. The number of anilines is 1. The first-order valence-electron chi connectivity index (χ1n) is 5.53. The van der Waals surface area contributed by atoms with Crippen molar-refractivity contribution in [1.29, 1.82) is 0 Å². The molecule has 0 fully saturated rings. The van der Waals surface area contributed by atoms with E-state index in [0.29, 0.717) is 10.6 Å². The Kier molecular flexibility index (Phi) is 3.39. The van der Waals surface area contributed by atoms with E-state index in [1.807, 2.05) is 19.1 Å². The molecule has 1 aromatic carbocycles. The van der Waals surface area contributed by atoms with E-state index in [2.05, 4.69) is 5.10 Å². The predicted molar refractivity (Wildman–Crippen MR) is 72.1 cm³/mol. The Bertz CT molecular complexity index is 574. The Hall–Kier alpha value is -1.81. The fraction of sp³-hybridized carbons (Fsp3) is 0.231. The molecule has 0 spiro atoms. The van der Waals surface area contributed by atoms with E-state index in [1.165, 1.54) is 0 Å². The second kappa shape index (κ2) is 4.82. The fourth-order valence-electron chi connectivity index (χ4n) is 1.77. The highest BCUT2D eigenvalue weighted by Gasteiger charge is 2.17. The van der Waals surface area contributed by atoms with Gasteiger partial charge in [-0.05, 0) is 31.2 Å². The second-order valence-electron chi connectivity index (χ2n) is 4.14. The molecule has 2 aromatic rings. The number of rotatable bonds is 2. The van der Waals surface area contributed by atoms with E-state index in [1.54, 1.807) is 42.0 Å². The van der Waals surface area contributed by atoms with Gasteiger partial charge in [-0.2, -0.15) is 5.10 Å². The van der Waals surface area contributed by atoms with Crippen LogP contribution in [0, 0.1) is 6.92 Å². The normalized spacial score (nSPS) is 10.4. The summed E-state index contributed by atoms with van der Waals surface area (Å²) in [6, 6.07) is 7.14. The lowest BCUT2D eigenvalue weighted by atomic mass is 10.2. The third-order valence-corrected chi connectivity index (χ3v) is 3.01. The monoisotopic (exact) mass is 263 g/mol. The van der Waals surface area contributed by atoms with Crippen LogP contribution in [0.15, 0.2) is 30.5 Å². The summed E-state index contributed by atoms with van der Waals surface area (Å²) < 4.78 is 1.64. The minimum atomic E-state index is -0.0806. The summed E-state index contributed by atoms with van der Waals surface area (Å²) in [5.74, 6) is -0.0806. The number of hydrogen-bond donors (Lipinski definition) is 0. The van der Waals surface area contributed by atoms with Gasteiger partial charge in [-0.25, -0.2) is 0 Å². The van der Waals surface area contributed by atoms with Crippen molar-refractivity contribution in [1.82, 2.24) is 9.78 Å². The smallest absolute Gasteiger partial charge is 0.261 e. The molecule has 0 saturated carbocycles. The van der Waals surface area contributed by atoms with Crippen LogP contribution in [0.4, 0.5) is 5.69 Å². The Balaban J connectivity index is 2.29.